The fourth-order valence-corrected chi connectivity index (χ4v) is 3.95. The highest BCUT2D eigenvalue weighted by Gasteiger charge is 2.19. The van der Waals surface area contributed by atoms with Gasteiger partial charge in [0.15, 0.2) is 5.16 Å². The largest absolute Gasteiger partial charge is 0.356 e. The molecule has 2 aromatic heterocycles. The molecule has 0 atom stereocenters. The third-order valence-corrected chi connectivity index (χ3v) is 5.39. The Labute approximate surface area is 165 Å². The molecule has 0 bridgehead atoms. The highest BCUT2D eigenvalue weighted by atomic mass is 32.2. The molecular formula is C20H19N5O2S. The molecule has 4 rings (SSSR count). The number of carbonyl (C=O) groups is 1. The number of fused-ring (bicyclic) bond motifs is 3. The topological polar surface area (TPSA) is 81.3 Å². The Hall–Kier alpha value is -3.13. The predicted molar refractivity (Wildman–Crippen MR) is 110 cm³/mol. The molecule has 2 heterocycles. The highest BCUT2D eigenvalue weighted by Crippen LogP contribution is 2.23. The van der Waals surface area contributed by atoms with Gasteiger partial charge in [0, 0.05) is 6.54 Å². The van der Waals surface area contributed by atoms with Gasteiger partial charge in [-0.05, 0) is 37.6 Å². The van der Waals surface area contributed by atoms with E-state index in [1.807, 2.05) is 60.7 Å². The minimum atomic E-state index is -0.148. The first-order valence-electron chi connectivity index (χ1n) is 8.96. The number of nitrogens with zero attached hydrogens (tertiary/aromatic N) is 4. The van der Waals surface area contributed by atoms with Gasteiger partial charge >= 0.3 is 0 Å². The van der Waals surface area contributed by atoms with Gasteiger partial charge in [0.1, 0.15) is 0 Å². The molecule has 0 radical (unpaired) electrons. The smallest absolute Gasteiger partial charge is 0.267 e. The Morgan fingerprint density at radius 1 is 1.11 bits per heavy atom. The van der Waals surface area contributed by atoms with E-state index >= 15 is 0 Å². The van der Waals surface area contributed by atoms with E-state index in [-0.39, 0.29) is 17.2 Å². The standard InChI is InChI=1S/C20H19N5O2S/c1-3-21-17(26)12-28-20-23-22-19-24(15-10-6-4-8-13(15)2)18(27)14-9-5-7-11-16(14)25(19)20/h4-11H,3,12H2,1-2H3,(H,21,26). The second-order valence-corrected chi connectivity index (χ2v) is 7.25. The lowest BCUT2D eigenvalue weighted by atomic mass is 10.2. The van der Waals surface area contributed by atoms with E-state index < -0.39 is 0 Å². The average Bonchev–Trinajstić information content (AvgIpc) is 3.12. The van der Waals surface area contributed by atoms with Crippen molar-refractivity contribution in [3.8, 4) is 5.69 Å². The fourth-order valence-electron chi connectivity index (χ4n) is 3.18. The number of amides is 1. The normalized spacial score (nSPS) is 11.2. The zero-order chi connectivity index (χ0) is 19.7. The van der Waals surface area contributed by atoms with Gasteiger partial charge in [-0.2, -0.15) is 0 Å². The summed E-state index contributed by atoms with van der Waals surface area (Å²) >= 11 is 1.30. The van der Waals surface area contributed by atoms with Crippen LogP contribution in [-0.4, -0.2) is 37.4 Å². The lowest BCUT2D eigenvalue weighted by Crippen LogP contribution is -2.24. The molecule has 0 saturated carbocycles. The van der Waals surface area contributed by atoms with E-state index in [0.717, 1.165) is 16.8 Å². The number of benzene rings is 2. The van der Waals surface area contributed by atoms with Gasteiger partial charge in [0.2, 0.25) is 11.7 Å². The molecule has 0 fully saturated rings. The summed E-state index contributed by atoms with van der Waals surface area (Å²) in [7, 11) is 0. The van der Waals surface area contributed by atoms with Crippen LogP contribution in [0.4, 0.5) is 0 Å². The Balaban J connectivity index is 1.98. The van der Waals surface area contributed by atoms with E-state index in [4.69, 9.17) is 0 Å². The quantitative estimate of drug-likeness (QED) is 0.527. The minimum absolute atomic E-state index is 0.0687. The SMILES string of the molecule is CCNC(=O)CSc1nnc2n(-c3ccccc3C)c(=O)c3ccccc3n12. The van der Waals surface area contributed by atoms with Gasteiger partial charge in [-0.25, -0.2) is 4.57 Å². The van der Waals surface area contributed by atoms with Crippen molar-refractivity contribution < 1.29 is 4.79 Å². The van der Waals surface area contributed by atoms with Gasteiger partial charge in [-0.1, -0.05) is 42.1 Å². The molecule has 0 spiro atoms. The van der Waals surface area contributed by atoms with Gasteiger partial charge in [0.05, 0.1) is 22.3 Å². The van der Waals surface area contributed by atoms with Crippen LogP contribution >= 0.6 is 11.8 Å². The van der Waals surface area contributed by atoms with E-state index in [2.05, 4.69) is 15.5 Å². The molecule has 0 aliphatic carbocycles. The molecule has 1 N–H and O–H groups in total. The van der Waals surface area contributed by atoms with Crippen molar-refractivity contribution in [1.82, 2.24) is 24.5 Å². The summed E-state index contributed by atoms with van der Waals surface area (Å²) in [5.41, 5.74) is 2.29. The summed E-state index contributed by atoms with van der Waals surface area (Å²) < 4.78 is 3.42. The molecule has 8 heteroatoms. The van der Waals surface area contributed by atoms with Gasteiger partial charge in [0.25, 0.3) is 5.56 Å². The van der Waals surface area contributed by atoms with Crippen molar-refractivity contribution in [2.75, 3.05) is 12.3 Å². The van der Waals surface area contributed by atoms with E-state index in [9.17, 15) is 9.59 Å². The van der Waals surface area contributed by atoms with Crippen molar-refractivity contribution in [2.45, 2.75) is 19.0 Å². The predicted octanol–water partition coefficient (Wildman–Crippen LogP) is 2.57. The lowest BCUT2D eigenvalue weighted by Gasteiger charge is -2.13. The number of para-hydroxylation sites is 2. The van der Waals surface area contributed by atoms with Crippen LogP contribution in [0.3, 0.4) is 0 Å². The van der Waals surface area contributed by atoms with E-state index in [1.54, 1.807) is 10.6 Å². The Morgan fingerprint density at radius 2 is 1.86 bits per heavy atom. The van der Waals surface area contributed by atoms with Gasteiger partial charge < -0.3 is 5.32 Å². The Bertz CT molecular complexity index is 1240. The number of aromatic nitrogens is 4. The first-order valence-corrected chi connectivity index (χ1v) is 9.94. The summed E-state index contributed by atoms with van der Waals surface area (Å²) in [6.45, 7) is 4.41. The van der Waals surface area contributed by atoms with Crippen molar-refractivity contribution >= 4 is 34.3 Å². The van der Waals surface area contributed by atoms with Crippen LogP contribution in [0.25, 0.3) is 22.4 Å². The molecule has 7 nitrogen and oxygen atoms in total. The Morgan fingerprint density at radius 3 is 2.64 bits per heavy atom. The van der Waals surface area contributed by atoms with Crippen LogP contribution in [-0.2, 0) is 4.79 Å². The maximum absolute atomic E-state index is 13.3. The lowest BCUT2D eigenvalue weighted by molar-refractivity contribution is -0.118. The zero-order valence-corrected chi connectivity index (χ0v) is 16.4. The Kier molecular flexibility index (Phi) is 4.87. The number of hydrogen-bond donors (Lipinski definition) is 1. The molecule has 4 aromatic rings. The molecule has 0 unspecified atom stereocenters. The molecule has 142 valence electrons. The number of nitrogens with one attached hydrogen (secondary N) is 1. The number of thioether (sulfide) groups is 1. The zero-order valence-electron chi connectivity index (χ0n) is 15.5. The number of carbonyl (C=O) groups excluding carboxylic acids is 1. The van der Waals surface area contributed by atoms with Crippen LogP contribution < -0.4 is 10.9 Å². The van der Waals surface area contributed by atoms with Crippen molar-refractivity contribution in [3.05, 3.63) is 64.4 Å². The third-order valence-electron chi connectivity index (χ3n) is 4.46. The molecule has 0 aliphatic heterocycles. The number of hydrogen-bond acceptors (Lipinski definition) is 5. The minimum Gasteiger partial charge on any atom is -0.356 e. The number of rotatable bonds is 5. The summed E-state index contributed by atoms with van der Waals surface area (Å²) in [6.07, 6.45) is 0. The summed E-state index contributed by atoms with van der Waals surface area (Å²) in [5, 5.41) is 12.5. The molecule has 0 saturated heterocycles. The first-order chi connectivity index (χ1) is 13.6. The maximum atomic E-state index is 13.3. The van der Waals surface area contributed by atoms with Crippen LogP contribution in [0, 0.1) is 6.92 Å². The summed E-state index contributed by atoms with van der Waals surface area (Å²) in [5.74, 6) is 0.587. The van der Waals surface area contributed by atoms with Crippen molar-refractivity contribution in [2.24, 2.45) is 0 Å². The van der Waals surface area contributed by atoms with Gasteiger partial charge in [-0.3, -0.25) is 14.0 Å². The first kappa shape index (κ1) is 18.2. The molecule has 0 aliphatic rings. The van der Waals surface area contributed by atoms with E-state index in [1.165, 1.54) is 11.8 Å². The molecule has 1 amide bonds. The summed E-state index contributed by atoms with van der Waals surface area (Å²) in [4.78, 5) is 25.1. The van der Waals surface area contributed by atoms with Crippen LogP contribution in [0.15, 0.2) is 58.5 Å². The highest BCUT2D eigenvalue weighted by molar-refractivity contribution is 7.99. The number of aryl methyl sites for hydroxylation is 1. The molecule has 2 aromatic carbocycles. The molecular weight excluding hydrogens is 374 g/mol. The fraction of sp³-hybridized carbons (Fsp3) is 0.200. The summed E-state index contributed by atoms with van der Waals surface area (Å²) in [6, 6.07) is 15.0. The van der Waals surface area contributed by atoms with Crippen LogP contribution in [0.1, 0.15) is 12.5 Å². The van der Waals surface area contributed by atoms with Crippen LogP contribution in [0.2, 0.25) is 0 Å². The second kappa shape index (κ2) is 7.47. The maximum Gasteiger partial charge on any atom is 0.267 e. The third kappa shape index (κ3) is 3.05. The van der Waals surface area contributed by atoms with Crippen molar-refractivity contribution in [3.63, 3.8) is 0 Å². The average molecular weight is 393 g/mol. The second-order valence-electron chi connectivity index (χ2n) is 6.30. The van der Waals surface area contributed by atoms with Gasteiger partial charge in [-0.15, -0.1) is 10.2 Å². The molecule has 28 heavy (non-hydrogen) atoms. The van der Waals surface area contributed by atoms with Crippen LogP contribution in [0.5, 0.6) is 0 Å². The van der Waals surface area contributed by atoms with Crippen molar-refractivity contribution in [1.29, 1.82) is 0 Å². The monoisotopic (exact) mass is 393 g/mol. The van der Waals surface area contributed by atoms with E-state index in [0.29, 0.717) is 22.9 Å².